The lowest BCUT2D eigenvalue weighted by molar-refractivity contribution is 0.141. The van der Waals surface area contributed by atoms with Crippen LogP contribution in [0.2, 0.25) is 0 Å². The fourth-order valence-corrected chi connectivity index (χ4v) is 3.48. The van der Waals surface area contributed by atoms with Crippen molar-refractivity contribution in [2.45, 2.75) is 6.54 Å². The number of carbonyl (C=O) groups is 1. The second-order valence-electron chi connectivity index (χ2n) is 7.00. The van der Waals surface area contributed by atoms with Crippen molar-refractivity contribution in [3.8, 4) is 11.5 Å². The Morgan fingerprint density at radius 1 is 1.07 bits per heavy atom. The summed E-state index contributed by atoms with van der Waals surface area (Å²) < 4.78 is 10.5. The number of anilines is 1. The van der Waals surface area contributed by atoms with Crippen LogP contribution in [-0.2, 0) is 6.54 Å². The third-order valence-electron chi connectivity index (χ3n) is 5.07. The largest absolute Gasteiger partial charge is 0.497 e. The number of imidazole rings is 1. The number of hydrogen-bond acceptors (Lipinski definition) is 5. The summed E-state index contributed by atoms with van der Waals surface area (Å²) in [7, 11) is 3.17. The smallest absolute Gasteiger partial charge is 0.321 e. The molecule has 2 aromatic carbocycles. The van der Waals surface area contributed by atoms with Crippen LogP contribution in [0, 0.1) is 0 Å². The maximum Gasteiger partial charge on any atom is 0.321 e. The fourth-order valence-electron chi connectivity index (χ4n) is 3.48. The number of H-pyrrole nitrogens is 1. The van der Waals surface area contributed by atoms with Crippen LogP contribution in [0.1, 0.15) is 5.82 Å². The van der Waals surface area contributed by atoms with Gasteiger partial charge in [0.15, 0.2) is 0 Å². The van der Waals surface area contributed by atoms with E-state index < -0.39 is 0 Å². The van der Waals surface area contributed by atoms with E-state index in [0.29, 0.717) is 30.3 Å². The van der Waals surface area contributed by atoms with Gasteiger partial charge in [0.1, 0.15) is 17.3 Å². The molecule has 0 atom stereocenters. The summed E-state index contributed by atoms with van der Waals surface area (Å²) in [5.41, 5.74) is 2.68. The highest BCUT2D eigenvalue weighted by Crippen LogP contribution is 2.26. The summed E-state index contributed by atoms with van der Waals surface area (Å²) in [5, 5.41) is 2.93. The first kappa shape index (κ1) is 19.1. The van der Waals surface area contributed by atoms with Crippen molar-refractivity contribution >= 4 is 22.8 Å². The Morgan fingerprint density at radius 3 is 2.41 bits per heavy atom. The van der Waals surface area contributed by atoms with Crippen LogP contribution in [0.3, 0.4) is 0 Å². The summed E-state index contributed by atoms with van der Waals surface area (Å²) in [6.45, 7) is 3.66. The van der Waals surface area contributed by atoms with E-state index in [1.165, 1.54) is 0 Å². The van der Waals surface area contributed by atoms with Crippen LogP contribution in [0.5, 0.6) is 11.5 Å². The summed E-state index contributed by atoms with van der Waals surface area (Å²) in [4.78, 5) is 24.8. The lowest BCUT2D eigenvalue weighted by Crippen LogP contribution is -2.49. The molecule has 1 saturated heterocycles. The first-order valence-electron chi connectivity index (χ1n) is 9.59. The van der Waals surface area contributed by atoms with Crippen LogP contribution >= 0.6 is 0 Å². The van der Waals surface area contributed by atoms with Crippen molar-refractivity contribution in [2.75, 3.05) is 45.7 Å². The molecule has 4 rings (SSSR count). The van der Waals surface area contributed by atoms with Crippen LogP contribution in [0.4, 0.5) is 10.5 Å². The second-order valence-corrected chi connectivity index (χ2v) is 7.00. The molecule has 0 aliphatic carbocycles. The maximum absolute atomic E-state index is 12.6. The molecule has 8 nitrogen and oxygen atoms in total. The summed E-state index contributed by atoms with van der Waals surface area (Å²) in [5.74, 6) is 2.22. The fraction of sp³-hybridized carbons (Fsp3) is 0.333. The molecule has 1 aliphatic rings. The topological polar surface area (TPSA) is 82.7 Å². The summed E-state index contributed by atoms with van der Waals surface area (Å²) in [6, 6.07) is 13.2. The normalized spacial score (nSPS) is 14.8. The Hall–Kier alpha value is -3.26. The predicted molar refractivity (Wildman–Crippen MR) is 112 cm³/mol. The highest BCUT2D eigenvalue weighted by atomic mass is 16.5. The number of aromatic nitrogens is 2. The number of benzene rings is 2. The number of nitrogens with zero attached hydrogens (tertiary/aromatic N) is 3. The van der Waals surface area contributed by atoms with Gasteiger partial charge < -0.3 is 24.7 Å². The minimum atomic E-state index is -0.122. The van der Waals surface area contributed by atoms with Gasteiger partial charge in [-0.25, -0.2) is 9.78 Å². The van der Waals surface area contributed by atoms with Gasteiger partial charge >= 0.3 is 6.03 Å². The van der Waals surface area contributed by atoms with E-state index in [-0.39, 0.29) is 6.03 Å². The number of fused-ring (bicyclic) bond motifs is 1. The number of rotatable bonds is 5. The molecular formula is C21H25N5O3. The van der Waals surface area contributed by atoms with E-state index in [2.05, 4.69) is 20.2 Å². The molecule has 8 heteroatoms. The molecule has 2 heterocycles. The van der Waals surface area contributed by atoms with Gasteiger partial charge in [-0.1, -0.05) is 12.1 Å². The van der Waals surface area contributed by atoms with Crippen molar-refractivity contribution in [1.29, 1.82) is 0 Å². The Labute approximate surface area is 169 Å². The Kier molecular flexibility index (Phi) is 5.53. The van der Waals surface area contributed by atoms with Crippen molar-refractivity contribution in [3.05, 3.63) is 48.3 Å². The molecule has 1 aliphatic heterocycles. The van der Waals surface area contributed by atoms with Gasteiger partial charge in [0.25, 0.3) is 0 Å². The molecule has 152 valence electrons. The van der Waals surface area contributed by atoms with Crippen molar-refractivity contribution in [3.63, 3.8) is 0 Å². The average molecular weight is 395 g/mol. The van der Waals surface area contributed by atoms with Crippen molar-refractivity contribution in [2.24, 2.45) is 0 Å². The minimum Gasteiger partial charge on any atom is -0.497 e. The monoisotopic (exact) mass is 395 g/mol. The highest BCUT2D eigenvalue weighted by Gasteiger charge is 2.22. The minimum absolute atomic E-state index is 0.122. The zero-order chi connectivity index (χ0) is 20.2. The van der Waals surface area contributed by atoms with E-state index in [1.54, 1.807) is 32.4 Å². The zero-order valence-electron chi connectivity index (χ0n) is 16.6. The molecule has 3 aromatic rings. The number of urea groups is 1. The van der Waals surface area contributed by atoms with Crippen LogP contribution in [-0.4, -0.2) is 66.2 Å². The van der Waals surface area contributed by atoms with E-state index in [9.17, 15) is 4.79 Å². The van der Waals surface area contributed by atoms with E-state index in [4.69, 9.17) is 9.47 Å². The molecule has 0 bridgehead atoms. The SMILES string of the molecule is COc1cc(NC(=O)N2CCN(Cc3nc4ccccc4[nH]3)CC2)cc(OC)c1. The van der Waals surface area contributed by atoms with Gasteiger partial charge in [0.2, 0.25) is 0 Å². The van der Waals surface area contributed by atoms with E-state index >= 15 is 0 Å². The third-order valence-corrected chi connectivity index (χ3v) is 5.07. The Balaban J connectivity index is 1.32. The molecule has 29 heavy (non-hydrogen) atoms. The van der Waals surface area contributed by atoms with Crippen LogP contribution in [0.25, 0.3) is 11.0 Å². The highest BCUT2D eigenvalue weighted by molar-refractivity contribution is 5.90. The lowest BCUT2D eigenvalue weighted by Gasteiger charge is -2.34. The van der Waals surface area contributed by atoms with Crippen LogP contribution in [0.15, 0.2) is 42.5 Å². The summed E-state index contributed by atoms with van der Waals surface area (Å²) in [6.07, 6.45) is 0. The molecule has 1 fully saturated rings. The molecule has 0 unspecified atom stereocenters. The van der Waals surface area contributed by atoms with Gasteiger partial charge in [0.05, 0.1) is 31.8 Å². The molecule has 1 aromatic heterocycles. The average Bonchev–Trinajstić information content (AvgIpc) is 3.16. The second kappa shape index (κ2) is 8.40. The van der Waals surface area contributed by atoms with Crippen LogP contribution < -0.4 is 14.8 Å². The number of amides is 2. The van der Waals surface area contributed by atoms with Gasteiger partial charge in [-0.3, -0.25) is 4.90 Å². The summed E-state index contributed by atoms with van der Waals surface area (Å²) >= 11 is 0. The molecule has 2 N–H and O–H groups in total. The van der Waals surface area contributed by atoms with Crippen molar-refractivity contribution in [1.82, 2.24) is 19.8 Å². The van der Waals surface area contributed by atoms with Gasteiger partial charge in [-0.2, -0.15) is 0 Å². The van der Waals surface area contributed by atoms with Gasteiger partial charge in [-0.05, 0) is 12.1 Å². The molecule has 0 radical (unpaired) electrons. The lowest BCUT2D eigenvalue weighted by atomic mass is 10.2. The number of hydrogen-bond donors (Lipinski definition) is 2. The number of aromatic amines is 1. The van der Waals surface area contributed by atoms with Gasteiger partial charge in [-0.15, -0.1) is 0 Å². The third kappa shape index (κ3) is 4.43. The quantitative estimate of drug-likeness (QED) is 0.694. The molecule has 0 saturated carbocycles. The Bertz CT molecular complexity index is 940. The maximum atomic E-state index is 12.6. The number of piperazine rings is 1. The first-order valence-corrected chi connectivity index (χ1v) is 9.59. The number of carbonyl (C=O) groups excluding carboxylic acids is 1. The number of nitrogens with one attached hydrogen (secondary N) is 2. The molecule has 0 spiro atoms. The predicted octanol–water partition coefficient (Wildman–Crippen LogP) is 2.93. The standard InChI is InChI=1S/C21H25N5O3/c1-28-16-11-15(12-17(13-16)29-2)22-21(27)26-9-7-25(8-10-26)14-20-23-18-5-3-4-6-19(18)24-20/h3-6,11-13H,7-10,14H2,1-2H3,(H,22,27)(H,23,24). The number of ether oxygens (including phenoxy) is 2. The molecule has 2 amide bonds. The van der Waals surface area contributed by atoms with E-state index in [0.717, 1.165) is 36.5 Å². The zero-order valence-corrected chi connectivity index (χ0v) is 16.6. The van der Waals surface area contributed by atoms with E-state index in [1.807, 2.05) is 29.2 Å². The number of methoxy groups -OCH3 is 2. The first-order chi connectivity index (χ1) is 14.1. The number of para-hydroxylation sites is 2. The van der Waals surface area contributed by atoms with Crippen molar-refractivity contribution < 1.29 is 14.3 Å². The Morgan fingerprint density at radius 2 is 1.76 bits per heavy atom. The molecular weight excluding hydrogens is 370 g/mol. The van der Waals surface area contributed by atoms with Gasteiger partial charge in [0, 0.05) is 50.1 Å².